The van der Waals surface area contributed by atoms with Gasteiger partial charge in [0.05, 0.1) is 5.02 Å². The molecule has 5 rings (SSSR count). The second kappa shape index (κ2) is 7.85. The molecule has 0 radical (unpaired) electrons. The van der Waals surface area contributed by atoms with Crippen LogP contribution in [0.2, 0.25) is 5.02 Å². The lowest BCUT2D eigenvalue weighted by molar-refractivity contribution is 0.214. The van der Waals surface area contributed by atoms with Crippen LogP contribution in [0.3, 0.4) is 0 Å². The molecule has 3 aliphatic rings. The number of aromatic hydroxyl groups is 1. The van der Waals surface area contributed by atoms with Crippen molar-refractivity contribution in [2.75, 3.05) is 25.5 Å². The number of aryl methyl sites for hydroxylation is 1. The fraction of sp³-hybridized carbons (Fsp3) is 0.520. The molecule has 3 nitrogen and oxygen atoms in total. The molecule has 2 aromatic carbocycles. The molecule has 154 valence electrons. The monoisotopic (exact) mass is 410 g/mol. The number of phenolic OH excluding ortho intramolecular Hbond substituents is 1. The molecular formula is C25H31ClN2O. The molecule has 4 heteroatoms. The highest BCUT2D eigenvalue weighted by molar-refractivity contribution is 6.32. The normalized spacial score (nSPS) is 24.5. The molecule has 1 fully saturated rings. The summed E-state index contributed by atoms with van der Waals surface area (Å²) in [4.78, 5) is 2.50. The average molecular weight is 411 g/mol. The number of likely N-dealkylation sites (N-methyl/N-ethyl adjacent to an activating group) is 1. The van der Waals surface area contributed by atoms with E-state index >= 15 is 0 Å². The second-order valence-electron chi connectivity index (χ2n) is 9.26. The van der Waals surface area contributed by atoms with Gasteiger partial charge >= 0.3 is 0 Å². The molecule has 2 unspecified atom stereocenters. The van der Waals surface area contributed by atoms with E-state index in [4.69, 9.17) is 11.6 Å². The van der Waals surface area contributed by atoms with Crippen LogP contribution in [0.1, 0.15) is 60.3 Å². The maximum absolute atomic E-state index is 10.3. The standard InChI is InChI=1S/C25H31ClN2O/c1-28-11-10-18-13-22(26)24(29)14-21(18)25-20-8-7-19(12-17(20)6-9-23(25)28)27-15-16-4-2-3-5-16/h7-8,12-14,16,23,25,27,29H,2-6,9-11,15H2,1H3. The first-order chi connectivity index (χ1) is 14.1. The highest BCUT2D eigenvalue weighted by atomic mass is 35.5. The lowest BCUT2D eigenvalue weighted by Crippen LogP contribution is -2.39. The number of nitrogens with one attached hydrogen (secondary N) is 1. The van der Waals surface area contributed by atoms with Crippen LogP contribution in [-0.4, -0.2) is 36.2 Å². The number of halogens is 1. The van der Waals surface area contributed by atoms with Crippen molar-refractivity contribution in [1.29, 1.82) is 0 Å². The topological polar surface area (TPSA) is 35.5 Å². The van der Waals surface area contributed by atoms with E-state index in [0.717, 1.165) is 38.3 Å². The van der Waals surface area contributed by atoms with E-state index in [2.05, 4.69) is 35.5 Å². The number of benzene rings is 2. The largest absolute Gasteiger partial charge is 0.506 e. The van der Waals surface area contributed by atoms with Gasteiger partial charge in [0.2, 0.25) is 0 Å². The van der Waals surface area contributed by atoms with Crippen LogP contribution >= 0.6 is 11.6 Å². The number of phenols is 1. The van der Waals surface area contributed by atoms with Crippen LogP contribution in [0.15, 0.2) is 30.3 Å². The molecule has 2 aromatic rings. The van der Waals surface area contributed by atoms with Gasteiger partial charge in [-0.2, -0.15) is 0 Å². The Morgan fingerprint density at radius 3 is 2.66 bits per heavy atom. The molecule has 0 amide bonds. The molecule has 2 atom stereocenters. The third-order valence-electron chi connectivity index (χ3n) is 7.49. The van der Waals surface area contributed by atoms with E-state index in [9.17, 15) is 5.11 Å². The summed E-state index contributed by atoms with van der Waals surface area (Å²) >= 11 is 6.25. The summed E-state index contributed by atoms with van der Waals surface area (Å²) in [5.74, 6) is 1.34. The quantitative estimate of drug-likeness (QED) is 0.693. The zero-order chi connectivity index (χ0) is 20.0. The number of hydrogen-bond acceptors (Lipinski definition) is 3. The van der Waals surface area contributed by atoms with Crippen LogP contribution in [0, 0.1) is 5.92 Å². The van der Waals surface area contributed by atoms with E-state index in [1.54, 1.807) is 0 Å². The fourth-order valence-electron chi connectivity index (χ4n) is 5.83. The Labute approximate surface area is 179 Å². The van der Waals surface area contributed by atoms with Gasteiger partial charge in [0.1, 0.15) is 5.75 Å². The summed E-state index contributed by atoms with van der Waals surface area (Å²) in [6.07, 6.45) is 8.79. The van der Waals surface area contributed by atoms with Crippen molar-refractivity contribution in [2.45, 2.75) is 56.9 Å². The zero-order valence-electron chi connectivity index (χ0n) is 17.3. The van der Waals surface area contributed by atoms with Crippen molar-refractivity contribution >= 4 is 17.3 Å². The van der Waals surface area contributed by atoms with Crippen molar-refractivity contribution in [2.24, 2.45) is 5.92 Å². The smallest absolute Gasteiger partial charge is 0.134 e. The minimum atomic E-state index is 0.204. The molecular weight excluding hydrogens is 380 g/mol. The fourth-order valence-corrected chi connectivity index (χ4v) is 6.01. The molecule has 29 heavy (non-hydrogen) atoms. The number of nitrogens with zero attached hydrogens (tertiary/aromatic N) is 1. The third kappa shape index (κ3) is 3.64. The molecule has 0 spiro atoms. The molecule has 0 bridgehead atoms. The van der Waals surface area contributed by atoms with Gasteiger partial charge in [-0.25, -0.2) is 0 Å². The van der Waals surface area contributed by atoms with E-state index in [1.807, 2.05) is 12.1 Å². The number of fused-ring (bicyclic) bond motifs is 5. The number of hydrogen-bond donors (Lipinski definition) is 2. The first-order valence-corrected chi connectivity index (χ1v) is 11.6. The average Bonchev–Trinajstić information content (AvgIpc) is 3.21. The Morgan fingerprint density at radius 2 is 1.83 bits per heavy atom. The van der Waals surface area contributed by atoms with E-state index in [1.165, 1.54) is 53.6 Å². The van der Waals surface area contributed by atoms with Crippen molar-refractivity contribution < 1.29 is 5.11 Å². The minimum Gasteiger partial charge on any atom is -0.506 e. The summed E-state index contributed by atoms with van der Waals surface area (Å²) in [7, 11) is 2.24. The Kier molecular flexibility index (Phi) is 5.21. The molecule has 1 heterocycles. The maximum atomic E-state index is 10.3. The summed E-state index contributed by atoms with van der Waals surface area (Å²) < 4.78 is 0. The number of anilines is 1. The zero-order valence-corrected chi connectivity index (χ0v) is 18.0. The van der Waals surface area contributed by atoms with Gasteiger partial charge in [-0.15, -0.1) is 0 Å². The lowest BCUT2D eigenvalue weighted by atomic mass is 9.74. The van der Waals surface area contributed by atoms with Crippen molar-refractivity contribution in [1.82, 2.24) is 4.90 Å². The van der Waals surface area contributed by atoms with Gasteiger partial charge < -0.3 is 15.3 Å². The summed E-state index contributed by atoms with van der Waals surface area (Å²) in [5.41, 5.74) is 6.68. The highest BCUT2D eigenvalue weighted by Crippen LogP contribution is 2.45. The molecule has 1 aliphatic heterocycles. The molecule has 2 N–H and O–H groups in total. The molecule has 1 saturated carbocycles. The van der Waals surface area contributed by atoms with Gasteiger partial charge in [-0.1, -0.05) is 30.5 Å². The van der Waals surface area contributed by atoms with Gasteiger partial charge in [0.25, 0.3) is 0 Å². The predicted octanol–water partition coefficient (Wildman–Crippen LogP) is 5.58. The second-order valence-corrected chi connectivity index (χ2v) is 9.67. The first-order valence-electron chi connectivity index (χ1n) is 11.2. The maximum Gasteiger partial charge on any atom is 0.134 e. The van der Waals surface area contributed by atoms with Crippen LogP contribution < -0.4 is 5.32 Å². The SMILES string of the molecule is CN1CCc2cc(Cl)c(O)cc2C2c3ccc(NCC4CCCC4)cc3CCC21. The minimum absolute atomic E-state index is 0.204. The Balaban J connectivity index is 1.48. The highest BCUT2D eigenvalue weighted by Gasteiger charge is 2.37. The summed E-state index contributed by atoms with van der Waals surface area (Å²) in [6.45, 7) is 2.13. The van der Waals surface area contributed by atoms with Gasteiger partial charge in [0.15, 0.2) is 0 Å². The Morgan fingerprint density at radius 1 is 1.03 bits per heavy atom. The third-order valence-corrected chi connectivity index (χ3v) is 7.79. The van der Waals surface area contributed by atoms with Crippen molar-refractivity contribution in [3.05, 3.63) is 57.6 Å². The van der Waals surface area contributed by atoms with E-state index in [0.29, 0.717) is 17.0 Å². The lowest BCUT2D eigenvalue weighted by Gasteiger charge is -2.38. The van der Waals surface area contributed by atoms with Crippen molar-refractivity contribution in [3.63, 3.8) is 0 Å². The Hall–Kier alpha value is -1.71. The summed E-state index contributed by atoms with van der Waals surface area (Å²) in [6, 6.07) is 11.3. The van der Waals surface area contributed by atoms with Crippen LogP contribution in [0.4, 0.5) is 5.69 Å². The Bertz CT molecular complexity index is 906. The summed E-state index contributed by atoms with van der Waals surface area (Å²) in [5, 5.41) is 14.5. The van der Waals surface area contributed by atoms with Crippen LogP contribution in [-0.2, 0) is 12.8 Å². The predicted molar refractivity (Wildman–Crippen MR) is 120 cm³/mol. The van der Waals surface area contributed by atoms with Crippen molar-refractivity contribution in [3.8, 4) is 5.75 Å². The van der Waals surface area contributed by atoms with Gasteiger partial charge in [0, 0.05) is 30.7 Å². The van der Waals surface area contributed by atoms with Crippen LogP contribution in [0.5, 0.6) is 5.75 Å². The number of rotatable bonds is 3. The first kappa shape index (κ1) is 19.3. The molecule has 0 aromatic heterocycles. The molecule has 0 saturated heterocycles. The van der Waals surface area contributed by atoms with Crippen LogP contribution in [0.25, 0.3) is 0 Å². The molecule has 2 aliphatic carbocycles. The van der Waals surface area contributed by atoms with Gasteiger partial charge in [-0.3, -0.25) is 0 Å². The van der Waals surface area contributed by atoms with E-state index < -0.39 is 0 Å². The van der Waals surface area contributed by atoms with E-state index in [-0.39, 0.29) is 5.75 Å². The van der Waals surface area contributed by atoms with Gasteiger partial charge in [-0.05, 0) is 91.6 Å².